The summed E-state index contributed by atoms with van der Waals surface area (Å²) in [6.07, 6.45) is 3.65. The van der Waals surface area contributed by atoms with E-state index in [0.29, 0.717) is 27.6 Å². The van der Waals surface area contributed by atoms with E-state index in [9.17, 15) is 9.59 Å². The lowest BCUT2D eigenvalue weighted by Gasteiger charge is -2.10. The largest absolute Gasteiger partial charge is 0.493 e. The van der Waals surface area contributed by atoms with Gasteiger partial charge in [-0.1, -0.05) is 41.9 Å². The topological polar surface area (TPSA) is 66.8 Å². The van der Waals surface area contributed by atoms with Crippen LogP contribution < -0.4 is 9.47 Å². The fourth-order valence-electron chi connectivity index (χ4n) is 3.77. The van der Waals surface area contributed by atoms with Gasteiger partial charge in [0, 0.05) is 29.6 Å². The van der Waals surface area contributed by atoms with Crippen LogP contribution in [0.25, 0.3) is 6.08 Å². The van der Waals surface area contributed by atoms with Crippen LogP contribution in [0.15, 0.2) is 54.6 Å². The van der Waals surface area contributed by atoms with Crippen molar-refractivity contribution >= 4 is 29.4 Å². The van der Waals surface area contributed by atoms with E-state index in [1.54, 1.807) is 12.1 Å². The zero-order chi connectivity index (χ0) is 24.7. The number of carbonyl (C=O) groups is 2. The number of hydrogen-bond donors (Lipinski definition) is 0. The van der Waals surface area contributed by atoms with E-state index in [1.165, 1.54) is 31.9 Å². The molecule has 34 heavy (non-hydrogen) atoms. The zero-order valence-electron chi connectivity index (χ0n) is 19.8. The van der Waals surface area contributed by atoms with E-state index in [2.05, 4.69) is 16.7 Å². The molecule has 7 heteroatoms. The number of aryl methyl sites for hydroxylation is 2. The summed E-state index contributed by atoms with van der Waals surface area (Å²) in [5, 5.41) is 0.354. The van der Waals surface area contributed by atoms with Gasteiger partial charge >= 0.3 is 5.97 Å². The second-order valence-electron chi connectivity index (χ2n) is 7.77. The molecule has 1 aromatic heterocycles. The Balaban J connectivity index is 1.60. The Morgan fingerprint density at radius 1 is 1.03 bits per heavy atom. The Morgan fingerprint density at radius 2 is 1.76 bits per heavy atom. The predicted molar refractivity (Wildman–Crippen MR) is 133 cm³/mol. The van der Waals surface area contributed by atoms with Crippen LogP contribution >= 0.6 is 11.6 Å². The second-order valence-corrected chi connectivity index (χ2v) is 8.18. The van der Waals surface area contributed by atoms with Crippen molar-refractivity contribution in [3.8, 4) is 11.5 Å². The second kappa shape index (κ2) is 11.6. The summed E-state index contributed by atoms with van der Waals surface area (Å²) >= 11 is 6.18. The highest BCUT2D eigenvalue weighted by atomic mass is 35.5. The third kappa shape index (κ3) is 6.08. The van der Waals surface area contributed by atoms with E-state index in [4.69, 9.17) is 25.8 Å². The lowest BCUT2D eigenvalue weighted by Crippen LogP contribution is -2.14. The van der Waals surface area contributed by atoms with Crippen molar-refractivity contribution in [2.45, 2.75) is 26.8 Å². The minimum Gasteiger partial charge on any atom is -0.493 e. The van der Waals surface area contributed by atoms with Gasteiger partial charge in [-0.15, -0.1) is 0 Å². The summed E-state index contributed by atoms with van der Waals surface area (Å²) in [5.41, 5.74) is 4.29. The summed E-state index contributed by atoms with van der Waals surface area (Å²) < 4.78 is 17.7. The van der Waals surface area contributed by atoms with Crippen molar-refractivity contribution in [1.29, 1.82) is 0 Å². The third-order valence-corrected chi connectivity index (χ3v) is 5.83. The van der Waals surface area contributed by atoms with Crippen LogP contribution in [-0.2, 0) is 22.5 Å². The quantitative estimate of drug-likeness (QED) is 0.218. The SMILES string of the molecule is COc1cc(C=CC(=O)OCC(=O)c2cc(C)n(CCc3ccccc3)c2C)cc(Cl)c1OC. The van der Waals surface area contributed by atoms with Gasteiger partial charge < -0.3 is 18.8 Å². The zero-order valence-corrected chi connectivity index (χ0v) is 20.5. The first-order valence-corrected chi connectivity index (χ1v) is 11.2. The maximum atomic E-state index is 12.7. The number of carbonyl (C=O) groups excluding carboxylic acids is 2. The fraction of sp³-hybridized carbons (Fsp3) is 0.259. The molecule has 0 saturated carbocycles. The smallest absolute Gasteiger partial charge is 0.331 e. The van der Waals surface area contributed by atoms with Gasteiger partial charge in [0.25, 0.3) is 0 Å². The van der Waals surface area contributed by atoms with Gasteiger partial charge in [0.2, 0.25) is 5.78 Å². The summed E-state index contributed by atoms with van der Waals surface area (Å²) in [6, 6.07) is 15.4. The number of Topliss-reactive ketones (excluding diaryl/α,β-unsaturated/α-hetero) is 1. The molecule has 3 aromatic rings. The number of hydrogen-bond acceptors (Lipinski definition) is 5. The molecule has 0 aliphatic rings. The molecule has 0 spiro atoms. The predicted octanol–water partition coefficient (Wildman–Crippen LogP) is 5.46. The molecule has 178 valence electrons. The third-order valence-electron chi connectivity index (χ3n) is 5.55. The summed E-state index contributed by atoms with van der Waals surface area (Å²) in [6.45, 7) is 4.32. The first-order valence-electron chi connectivity index (χ1n) is 10.8. The van der Waals surface area contributed by atoms with Crippen molar-refractivity contribution < 1.29 is 23.8 Å². The maximum Gasteiger partial charge on any atom is 0.331 e. The molecule has 0 N–H and O–H groups in total. The highest BCUT2D eigenvalue weighted by Crippen LogP contribution is 2.36. The lowest BCUT2D eigenvalue weighted by molar-refractivity contribution is -0.136. The molecule has 1 heterocycles. The number of esters is 1. The number of ketones is 1. The average molecular weight is 482 g/mol. The van der Waals surface area contributed by atoms with Crippen LogP contribution in [0.5, 0.6) is 11.5 Å². The molecule has 0 fully saturated rings. The van der Waals surface area contributed by atoms with Gasteiger partial charge in [-0.25, -0.2) is 4.79 Å². The molecule has 6 nitrogen and oxygen atoms in total. The van der Waals surface area contributed by atoms with E-state index in [1.807, 2.05) is 38.1 Å². The monoisotopic (exact) mass is 481 g/mol. The first kappa shape index (κ1) is 25.1. The molecule has 3 rings (SSSR count). The molecule has 2 aromatic carbocycles. The molecule has 0 saturated heterocycles. The van der Waals surface area contributed by atoms with Gasteiger partial charge in [0.1, 0.15) is 0 Å². The minimum absolute atomic E-state index is 0.241. The van der Waals surface area contributed by atoms with Crippen LogP contribution in [0.2, 0.25) is 5.02 Å². The molecule has 0 atom stereocenters. The molecule has 0 amide bonds. The van der Waals surface area contributed by atoms with Gasteiger partial charge in [-0.2, -0.15) is 0 Å². The average Bonchev–Trinajstić information content (AvgIpc) is 3.13. The van der Waals surface area contributed by atoms with Crippen LogP contribution in [0.3, 0.4) is 0 Å². The first-order chi connectivity index (χ1) is 16.3. The van der Waals surface area contributed by atoms with Gasteiger partial charge in [-0.3, -0.25) is 4.79 Å². The molecule has 0 aliphatic heterocycles. The number of halogens is 1. The van der Waals surface area contributed by atoms with Gasteiger partial charge in [0.05, 0.1) is 19.2 Å². The van der Waals surface area contributed by atoms with Crippen molar-refractivity contribution in [1.82, 2.24) is 4.57 Å². The standard InChI is InChI=1S/C27H28ClNO5/c1-18-14-22(19(2)29(18)13-12-20-8-6-5-7-9-20)24(30)17-34-26(31)11-10-21-15-23(28)27(33-4)25(16-21)32-3/h5-11,14-16H,12-13,17H2,1-4H3. The van der Waals surface area contributed by atoms with Crippen LogP contribution in [0, 0.1) is 13.8 Å². The Hall–Kier alpha value is -3.51. The van der Waals surface area contributed by atoms with Crippen LogP contribution in [-0.4, -0.2) is 37.1 Å². The van der Waals surface area contributed by atoms with E-state index >= 15 is 0 Å². The number of nitrogens with zero attached hydrogens (tertiary/aromatic N) is 1. The molecule has 0 aliphatic carbocycles. The Labute approximate surface area is 204 Å². The fourth-order valence-corrected chi connectivity index (χ4v) is 4.07. The Bertz CT molecular complexity index is 1200. The minimum atomic E-state index is -0.628. The van der Waals surface area contributed by atoms with Crippen molar-refractivity contribution in [3.05, 3.63) is 87.7 Å². The molecule has 0 bridgehead atoms. The Kier molecular flexibility index (Phi) is 8.55. The normalized spacial score (nSPS) is 11.0. The molecular formula is C27H28ClNO5. The van der Waals surface area contributed by atoms with Crippen LogP contribution in [0.1, 0.15) is 32.9 Å². The number of ether oxygens (including phenoxy) is 3. The Morgan fingerprint density at radius 3 is 2.44 bits per heavy atom. The highest BCUT2D eigenvalue weighted by Gasteiger charge is 2.17. The van der Waals surface area contributed by atoms with Crippen molar-refractivity contribution in [2.75, 3.05) is 20.8 Å². The van der Waals surface area contributed by atoms with E-state index in [0.717, 1.165) is 24.4 Å². The highest BCUT2D eigenvalue weighted by molar-refractivity contribution is 6.32. The molecule has 0 radical (unpaired) electrons. The van der Waals surface area contributed by atoms with E-state index in [-0.39, 0.29) is 12.4 Å². The summed E-state index contributed by atoms with van der Waals surface area (Å²) in [7, 11) is 2.99. The van der Waals surface area contributed by atoms with Crippen LogP contribution in [0.4, 0.5) is 0 Å². The number of aromatic nitrogens is 1. The molecule has 0 unspecified atom stereocenters. The summed E-state index contributed by atoms with van der Waals surface area (Å²) in [4.78, 5) is 24.9. The van der Waals surface area contributed by atoms with Crippen molar-refractivity contribution in [3.63, 3.8) is 0 Å². The number of benzene rings is 2. The summed E-state index contributed by atoms with van der Waals surface area (Å²) in [5.74, 6) is -0.0104. The number of rotatable bonds is 10. The maximum absolute atomic E-state index is 12.7. The van der Waals surface area contributed by atoms with Crippen molar-refractivity contribution in [2.24, 2.45) is 0 Å². The lowest BCUT2D eigenvalue weighted by atomic mass is 10.1. The van der Waals surface area contributed by atoms with Gasteiger partial charge in [-0.05, 0) is 55.7 Å². The molecular weight excluding hydrogens is 454 g/mol. The van der Waals surface area contributed by atoms with Gasteiger partial charge in [0.15, 0.2) is 18.1 Å². The van der Waals surface area contributed by atoms with E-state index < -0.39 is 5.97 Å². The number of methoxy groups -OCH3 is 2.